The smallest absolute Gasteiger partial charge is 0.0587 e. The van der Waals surface area contributed by atoms with Gasteiger partial charge in [-0.1, -0.05) is 26.0 Å². The molecule has 0 amide bonds. The highest BCUT2D eigenvalue weighted by atomic mass is 32.2. The highest BCUT2D eigenvalue weighted by molar-refractivity contribution is 7.97. The van der Waals surface area contributed by atoms with E-state index in [2.05, 4.69) is 38.1 Å². The maximum atomic E-state index is 2.35. The Kier molecular flexibility index (Phi) is 3.17. The molecule has 0 aromatic heterocycles. The average Bonchev–Trinajstić information content (AvgIpc) is 2.71. The molecule has 0 atom stereocenters. The lowest BCUT2D eigenvalue weighted by Gasteiger charge is -2.05. The Bertz CT molecular complexity index is 281. The van der Waals surface area contributed by atoms with Gasteiger partial charge in [0.15, 0.2) is 4.90 Å². The molecule has 0 aliphatic carbocycles. The first-order valence-electron chi connectivity index (χ1n) is 5.55. The fourth-order valence-corrected chi connectivity index (χ4v) is 4.24. The lowest BCUT2D eigenvalue weighted by molar-refractivity contribution is 0.865. The standard InChI is InChI=1S/C13H19S/c1-11(2)12-5-7-13(8-6-12)14-9-3-4-10-14/h5-8,11H,3-4,9-10H2,1-2H3/q+1. The van der Waals surface area contributed by atoms with Gasteiger partial charge in [0.05, 0.1) is 0 Å². The molecule has 0 saturated carbocycles. The van der Waals surface area contributed by atoms with Crippen molar-refractivity contribution in [1.29, 1.82) is 0 Å². The minimum absolute atomic E-state index is 0.588. The van der Waals surface area contributed by atoms with Crippen LogP contribution in [-0.4, -0.2) is 11.5 Å². The Hall–Kier alpha value is -0.430. The zero-order valence-electron chi connectivity index (χ0n) is 9.12. The Balaban J connectivity index is 2.12. The third kappa shape index (κ3) is 2.14. The maximum Gasteiger partial charge on any atom is 0.154 e. The van der Waals surface area contributed by atoms with Gasteiger partial charge in [-0.25, -0.2) is 0 Å². The Morgan fingerprint density at radius 3 is 2.07 bits per heavy atom. The van der Waals surface area contributed by atoms with Crippen LogP contribution in [0.4, 0.5) is 0 Å². The molecule has 1 aliphatic heterocycles. The van der Waals surface area contributed by atoms with Gasteiger partial charge in [0.1, 0.15) is 11.5 Å². The van der Waals surface area contributed by atoms with Crippen molar-refractivity contribution in [3.05, 3.63) is 29.8 Å². The van der Waals surface area contributed by atoms with E-state index in [4.69, 9.17) is 0 Å². The van der Waals surface area contributed by atoms with Crippen LogP contribution in [0.15, 0.2) is 29.2 Å². The summed E-state index contributed by atoms with van der Waals surface area (Å²) in [5.41, 5.74) is 1.47. The monoisotopic (exact) mass is 207 g/mol. The zero-order chi connectivity index (χ0) is 9.97. The molecule has 0 bridgehead atoms. The van der Waals surface area contributed by atoms with E-state index >= 15 is 0 Å². The van der Waals surface area contributed by atoms with Gasteiger partial charge in [0.25, 0.3) is 0 Å². The summed E-state index contributed by atoms with van der Waals surface area (Å²) in [6, 6.07) is 9.32. The fraction of sp³-hybridized carbons (Fsp3) is 0.538. The van der Waals surface area contributed by atoms with Gasteiger partial charge >= 0.3 is 0 Å². The van der Waals surface area contributed by atoms with Crippen molar-refractivity contribution in [3.63, 3.8) is 0 Å². The van der Waals surface area contributed by atoms with E-state index in [0.717, 1.165) is 0 Å². The van der Waals surface area contributed by atoms with Crippen LogP contribution in [0.1, 0.15) is 38.2 Å². The summed E-state index contributed by atoms with van der Waals surface area (Å²) < 4.78 is 0. The Labute approximate surface area is 90.1 Å². The van der Waals surface area contributed by atoms with Gasteiger partial charge in [-0.15, -0.1) is 0 Å². The quantitative estimate of drug-likeness (QED) is 0.650. The third-order valence-electron chi connectivity index (χ3n) is 2.91. The van der Waals surface area contributed by atoms with Crippen molar-refractivity contribution in [2.24, 2.45) is 0 Å². The molecule has 0 radical (unpaired) electrons. The number of rotatable bonds is 2. The van der Waals surface area contributed by atoms with Crippen LogP contribution >= 0.6 is 0 Å². The predicted octanol–water partition coefficient (Wildman–Crippen LogP) is 3.58. The predicted molar refractivity (Wildman–Crippen MR) is 65.1 cm³/mol. The number of benzene rings is 1. The van der Waals surface area contributed by atoms with E-state index in [9.17, 15) is 0 Å². The van der Waals surface area contributed by atoms with E-state index in [1.807, 2.05) is 0 Å². The molecular formula is C13H19S+. The molecule has 14 heavy (non-hydrogen) atoms. The maximum absolute atomic E-state index is 2.35. The molecule has 0 nitrogen and oxygen atoms in total. The first kappa shape index (κ1) is 10.1. The molecule has 0 N–H and O–H groups in total. The summed E-state index contributed by atoms with van der Waals surface area (Å²) in [5, 5.41) is 0. The van der Waals surface area contributed by atoms with Gasteiger partial charge in [-0.2, -0.15) is 0 Å². The lowest BCUT2D eigenvalue weighted by atomic mass is 10.0. The second-order valence-corrected chi connectivity index (χ2v) is 6.61. The molecule has 1 heterocycles. The van der Waals surface area contributed by atoms with Gasteiger partial charge < -0.3 is 0 Å². The van der Waals surface area contributed by atoms with Crippen molar-refractivity contribution in [1.82, 2.24) is 0 Å². The van der Waals surface area contributed by atoms with Gasteiger partial charge in [0.2, 0.25) is 0 Å². The summed E-state index contributed by atoms with van der Waals surface area (Å²) in [6.45, 7) is 4.51. The summed E-state index contributed by atoms with van der Waals surface area (Å²) in [4.78, 5) is 1.59. The van der Waals surface area contributed by atoms with Crippen LogP contribution in [0.3, 0.4) is 0 Å². The molecule has 1 aromatic carbocycles. The van der Waals surface area contributed by atoms with Gasteiger partial charge in [-0.3, -0.25) is 0 Å². The SMILES string of the molecule is CC(C)c1ccc([S+]2CCCC2)cc1. The molecule has 76 valence electrons. The average molecular weight is 207 g/mol. The molecule has 0 spiro atoms. The van der Waals surface area contributed by atoms with Gasteiger partial charge in [-0.05, 0) is 36.5 Å². The van der Waals surface area contributed by atoms with Crippen LogP contribution in [-0.2, 0) is 10.9 Å². The van der Waals surface area contributed by atoms with E-state index in [1.54, 1.807) is 4.90 Å². The molecule has 1 aromatic rings. The van der Waals surface area contributed by atoms with E-state index < -0.39 is 0 Å². The first-order valence-corrected chi connectivity index (χ1v) is 7.11. The number of hydrogen-bond donors (Lipinski definition) is 0. The van der Waals surface area contributed by atoms with Crippen molar-refractivity contribution < 1.29 is 0 Å². The minimum atomic E-state index is 0.588. The topological polar surface area (TPSA) is 0 Å². The fourth-order valence-electron chi connectivity index (χ4n) is 1.94. The summed E-state index contributed by atoms with van der Waals surface area (Å²) in [5.74, 6) is 3.53. The molecule has 1 heteroatoms. The van der Waals surface area contributed by atoms with Crippen LogP contribution in [0.2, 0.25) is 0 Å². The van der Waals surface area contributed by atoms with Crippen molar-refractivity contribution >= 4 is 10.9 Å². The zero-order valence-corrected chi connectivity index (χ0v) is 9.94. The summed E-state index contributed by atoms with van der Waals surface area (Å²) in [7, 11) is 0.588. The van der Waals surface area contributed by atoms with Crippen molar-refractivity contribution in [2.45, 2.75) is 37.5 Å². The Morgan fingerprint density at radius 1 is 1.00 bits per heavy atom. The molecule has 1 fully saturated rings. The van der Waals surface area contributed by atoms with Crippen LogP contribution < -0.4 is 0 Å². The lowest BCUT2D eigenvalue weighted by Crippen LogP contribution is -2.03. The minimum Gasteiger partial charge on any atom is -0.0587 e. The number of hydrogen-bond acceptors (Lipinski definition) is 0. The van der Waals surface area contributed by atoms with E-state index in [0.29, 0.717) is 16.8 Å². The van der Waals surface area contributed by atoms with E-state index in [1.165, 1.54) is 29.9 Å². The Morgan fingerprint density at radius 2 is 1.57 bits per heavy atom. The molecule has 0 unspecified atom stereocenters. The highest BCUT2D eigenvalue weighted by Crippen LogP contribution is 2.24. The largest absolute Gasteiger partial charge is 0.154 e. The van der Waals surface area contributed by atoms with Crippen molar-refractivity contribution in [2.75, 3.05) is 11.5 Å². The molecule has 1 saturated heterocycles. The third-order valence-corrected chi connectivity index (χ3v) is 5.41. The van der Waals surface area contributed by atoms with E-state index in [-0.39, 0.29) is 0 Å². The first-order chi connectivity index (χ1) is 6.77. The normalized spacial score (nSPS) is 17.9. The second kappa shape index (κ2) is 4.39. The van der Waals surface area contributed by atoms with Crippen LogP contribution in [0.5, 0.6) is 0 Å². The molecule has 2 rings (SSSR count). The highest BCUT2D eigenvalue weighted by Gasteiger charge is 2.26. The molecule has 1 aliphatic rings. The molecular weight excluding hydrogens is 188 g/mol. The summed E-state index contributed by atoms with van der Waals surface area (Å²) in [6.07, 6.45) is 2.88. The van der Waals surface area contributed by atoms with Crippen LogP contribution in [0.25, 0.3) is 0 Å². The van der Waals surface area contributed by atoms with Crippen LogP contribution in [0, 0.1) is 0 Å². The van der Waals surface area contributed by atoms with Crippen molar-refractivity contribution in [3.8, 4) is 0 Å². The van der Waals surface area contributed by atoms with Gasteiger partial charge in [0, 0.05) is 10.9 Å². The second-order valence-electron chi connectivity index (χ2n) is 4.33. The summed E-state index contributed by atoms with van der Waals surface area (Å²) >= 11 is 0.